The number of carbonyl (C=O) groups is 1. The van der Waals surface area contributed by atoms with Crippen LogP contribution in [-0.4, -0.2) is 65.3 Å². The summed E-state index contributed by atoms with van der Waals surface area (Å²) < 4.78 is 6.03. The molecule has 0 saturated carbocycles. The van der Waals surface area contributed by atoms with Crippen LogP contribution in [0.1, 0.15) is 31.4 Å². The molecule has 2 aliphatic heterocycles. The minimum Gasteiger partial charge on any atom is -0.390 e. The van der Waals surface area contributed by atoms with Crippen molar-refractivity contribution < 1.29 is 14.6 Å². The van der Waals surface area contributed by atoms with E-state index >= 15 is 0 Å². The van der Waals surface area contributed by atoms with Crippen molar-refractivity contribution in [1.82, 2.24) is 14.9 Å². The van der Waals surface area contributed by atoms with Crippen molar-refractivity contribution in [2.45, 2.75) is 44.5 Å². The van der Waals surface area contributed by atoms with Gasteiger partial charge < -0.3 is 19.6 Å². The van der Waals surface area contributed by atoms with Crippen LogP contribution in [0, 0.1) is 5.92 Å². The van der Waals surface area contributed by atoms with Crippen molar-refractivity contribution in [3.8, 4) is 0 Å². The first-order valence-electron chi connectivity index (χ1n) is 8.63. The third-order valence-corrected chi connectivity index (χ3v) is 4.98. The Bertz CT molecular complexity index is 573. The van der Waals surface area contributed by atoms with Crippen LogP contribution in [0.25, 0.3) is 0 Å². The lowest BCUT2D eigenvalue weighted by molar-refractivity contribution is -0.141. The molecule has 3 rings (SSSR count). The molecule has 24 heavy (non-hydrogen) atoms. The highest BCUT2D eigenvalue weighted by Crippen LogP contribution is 2.33. The van der Waals surface area contributed by atoms with Gasteiger partial charge in [-0.05, 0) is 37.7 Å². The number of nitrogens with zero attached hydrogens (tertiary/aromatic N) is 4. The fraction of sp³-hybridized carbons (Fsp3) is 0.706. The summed E-state index contributed by atoms with van der Waals surface area (Å²) >= 11 is 0. The van der Waals surface area contributed by atoms with Gasteiger partial charge >= 0.3 is 0 Å². The maximum atomic E-state index is 12.0. The van der Waals surface area contributed by atoms with Gasteiger partial charge in [-0.2, -0.15) is 0 Å². The van der Waals surface area contributed by atoms with E-state index in [-0.39, 0.29) is 24.7 Å². The van der Waals surface area contributed by atoms with Crippen molar-refractivity contribution in [3.63, 3.8) is 0 Å². The summed E-state index contributed by atoms with van der Waals surface area (Å²) in [6.07, 6.45) is 5.42. The minimum atomic E-state index is -0.271. The highest BCUT2D eigenvalue weighted by Gasteiger charge is 2.37. The number of aliphatic hydroxyl groups is 1. The number of carbonyl (C=O) groups excluding carboxylic acids is 1. The van der Waals surface area contributed by atoms with E-state index in [1.807, 2.05) is 0 Å². The number of ether oxygens (including phenoxy) is 1. The van der Waals surface area contributed by atoms with Gasteiger partial charge in [-0.15, -0.1) is 0 Å². The number of hydrogen-bond acceptors (Lipinski definition) is 6. The predicted molar refractivity (Wildman–Crippen MR) is 89.5 cm³/mol. The Morgan fingerprint density at radius 3 is 2.75 bits per heavy atom. The summed E-state index contributed by atoms with van der Waals surface area (Å²) in [5, 5.41) is 9.20. The zero-order valence-electron chi connectivity index (χ0n) is 14.4. The molecule has 1 aromatic rings. The molecule has 132 valence electrons. The smallest absolute Gasteiger partial charge is 0.251 e. The number of hydrogen-bond donors (Lipinski definition) is 1. The molecule has 0 radical (unpaired) electrons. The molecule has 2 fully saturated rings. The van der Waals surface area contributed by atoms with Gasteiger partial charge in [0.1, 0.15) is 6.10 Å². The van der Waals surface area contributed by atoms with Gasteiger partial charge in [-0.25, -0.2) is 9.97 Å². The van der Waals surface area contributed by atoms with Crippen LogP contribution in [0.3, 0.4) is 0 Å². The van der Waals surface area contributed by atoms with Crippen molar-refractivity contribution in [3.05, 3.63) is 18.0 Å². The van der Waals surface area contributed by atoms with Crippen LogP contribution in [0.4, 0.5) is 5.95 Å². The molecule has 1 aromatic heterocycles. The molecule has 0 aliphatic carbocycles. The van der Waals surface area contributed by atoms with Crippen LogP contribution >= 0.6 is 0 Å². The van der Waals surface area contributed by atoms with Gasteiger partial charge in [0.2, 0.25) is 5.95 Å². The first kappa shape index (κ1) is 17.1. The van der Waals surface area contributed by atoms with E-state index in [0.717, 1.165) is 38.8 Å². The molecule has 0 spiro atoms. The number of likely N-dealkylation sites (N-methyl/N-ethyl adjacent to an activating group) is 1. The molecular formula is C17H26N4O3. The second-order valence-corrected chi connectivity index (χ2v) is 6.80. The quantitative estimate of drug-likeness (QED) is 0.878. The summed E-state index contributed by atoms with van der Waals surface area (Å²) in [6, 6.07) is 1.73. The van der Waals surface area contributed by atoms with Crippen LogP contribution in [0.2, 0.25) is 0 Å². The fourth-order valence-electron chi connectivity index (χ4n) is 3.58. The molecule has 3 heterocycles. The van der Waals surface area contributed by atoms with Crippen molar-refractivity contribution in [2.24, 2.45) is 5.92 Å². The van der Waals surface area contributed by atoms with Crippen LogP contribution in [-0.2, 0) is 16.1 Å². The molecule has 1 N–H and O–H groups in total. The van der Waals surface area contributed by atoms with E-state index < -0.39 is 0 Å². The highest BCUT2D eigenvalue weighted by molar-refractivity contribution is 5.80. The second kappa shape index (κ2) is 7.44. The Hall–Kier alpha value is -1.73. The summed E-state index contributed by atoms with van der Waals surface area (Å²) in [6.45, 7) is 1.70. The topological polar surface area (TPSA) is 78.8 Å². The monoisotopic (exact) mass is 334 g/mol. The van der Waals surface area contributed by atoms with Crippen LogP contribution in [0.5, 0.6) is 0 Å². The van der Waals surface area contributed by atoms with E-state index in [1.165, 1.54) is 0 Å². The lowest BCUT2D eigenvalue weighted by Gasteiger charge is -2.34. The van der Waals surface area contributed by atoms with Crippen LogP contribution < -0.4 is 4.90 Å². The fourth-order valence-corrected chi connectivity index (χ4v) is 3.58. The number of aromatic nitrogens is 2. The third kappa shape index (κ3) is 3.67. The molecular weight excluding hydrogens is 308 g/mol. The molecule has 7 nitrogen and oxygen atoms in total. The largest absolute Gasteiger partial charge is 0.390 e. The minimum absolute atomic E-state index is 0.0663. The number of piperidine rings is 1. The van der Waals surface area contributed by atoms with Crippen molar-refractivity contribution in [2.75, 3.05) is 32.1 Å². The maximum Gasteiger partial charge on any atom is 0.251 e. The van der Waals surface area contributed by atoms with Gasteiger partial charge in [0.25, 0.3) is 5.91 Å². The SMILES string of the molecule is CN(C)C(=O)[C@H]1CC[C@@H](C2CCN(c3nccc(CO)n3)CC2)O1. The summed E-state index contributed by atoms with van der Waals surface area (Å²) in [4.78, 5) is 24.5. The summed E-state index contributed by atoms with van der Waals surface area (Å²) in [5.74, 6) is 1.25. The Kier molecular flexibility index (Phi) is 5.30. The number of aliphatic hydroxyl groups excluding tert-OH is 1. The Morgan fingerprint density at radius 2 is 2.08 bits per heavy atom. The first-order valence-corrected chi connectivity index (χ1v) is 8.63. The third-order valence-electron chi connectivity index (χ3n) is 4.98. The zero-order valence-corrected chi connectivity index (χ0v) is 14.4. The summed E-state index contributed by atoms with van der Waals surface area (Å²) in [5.41, 5.74) is 0.645. The lowest BCUT2D eigenvalue weighted by Crippen LogP contribution is -2.40. The number of amides is 1. The molecule has 0 unspecified atom stereocenters. The van der Waals surface area contributed by atoms with E-state index in [2.05, 4.69) is 14.9 Å². The molecule has 7 heteroatoms. The Balaban J connectivity index is 1.53. The van der Waals surface area contributed by atoms with E-state index in [1.54, 1.807) is 31.3 Å². The predicted octanol–water partition coefficient (Wildman–Crippen LogP) is 0.821. The normalized spacial score (nSPS) is 25.0. The average molecular weight is 334 g/mol. The molecule has 2 aliphatic rings. The van der Waals surface area contributed by atoms with Crippen molar-refractivity contribution in [1.29, 1.82) is 0 Å². The van der Waals surface area contributed by atoms with E-state index in [0.29, 0.717) is 17.6 Å². The number of rotatable bonds is 4. The molecule has 0 bridgehead atoms. The molecule has 0 aromatic carbocycles. The van der Waals surface area contributed by atoms with Crippen molar-refractivity contribution >= 4 is 11.9 Å². The number of anilines is 1. The maximum absolute atomic E-state index is 12.0. The molecule has 2 atom stereocenters. The Morgan fingerprint density at radius 1 is 1.33 bits per heavy atom. The Labute approximate surface area is 142 Å². The second-order valence-electron chi connectivity index (χ2n) is 6.80. The average Bonchev–Trinajstić information content (AvgIpc) is 3.11. The van der Waals surface area contributed by atoms with Crippen LogP contribution in [0.15, 0.2) is 12.3 Å². The highest BCUT2D eigenvalue weighted by atomic mass is 16.5. The van der Waals surface area contributed by atoms with Gasteiger partial charge in [-0.3, -0.25) is 4.79 Å². The lowest BCUT2D eigenvalue weighted by atomic mass is 9.90. The van der Waals surface area contributed by atoms with Gasteiger partial charge in [0.15, 0.2) is 0 Å². The van der Waals surface area contributed by atoms with Gasteiger partial charge in [-0.1, -0.05) is 0 Å². The first-order chi connectivity index (χ1) is 11.6. The summed E-state index contributed by atoms with van der Waals surface area (Å²) in [7, 11) is 3.55. The van der Waals surface area contributed by atoms with E-state index in [9.17, 15) is 9.90 Å². The zero-order chi connectivity index (χ0) is 17.1. The van der Waals surface area contributed by atoms with Gasteiger partial charge in [0.05, 0.1) is 18.4 Å². The molecule has 1 amide bonds. The molecule has 2 saturated heterocycles. The van der Waals surface area contributed by atoms with E-state index in [4.69, 9.17) is 4.74 Å². The van der Waals surface area contributed by atoms with Gasteiger partial charge in [0, 0.05) is 33.4 Å². The standard InChI is InChI=1S/C17H26N4O3/c1-20(2)16(23)15-4-3-14(24-15)12-6-9-21(10-7-12)17-18-8-5-13(11-22)19-17/h5,8,12,14-15,22H,3-4,6-7,9-11H2,1-2H3/t14-,15+/m0/s1.